The molecule has 0 aromatic carbocycles. The molecule has 0 saturated heterocycles. The van der Waals surface area contributed by atoms with E-state index in [0.29, 0.717) is 11.0 Å². The first-order chi connectivity index (χ1) is 5.81. The number of methoxy groups -OCH3 is 1. The predicted octanol–water partition coefficient (Wildman–Crippen LogP) is 1.28. The normalized spacial score (nSPS) is 10.4. The van der Waals surface area contributed by atoms with Crippen LogP contribution in [0.2, 0.25) is 0 Å². The summed E-state index contributed by atoms with van der Waals surface area (Å²) in [6, 6.07) is 1.81. The van der Waals surface area contributed by atoms with Crippen LogP contribution in [0.15, 0.2) is 12.3 Å². The molecule has 0 aliphatic rings. The number of hydrogen-bond donors (Lipinski definition) is 1. The van der Waals surface area contributed by atoms with Crippen LogP contribution in [0.4, 0.5) is 5.13 Å². The van der Waals surface area contributed by atoms with Gasteiger partial charge in [-0.25, -0.2) is 9.97 Å². The predicted molar refractivity (Wildman–Crippen MR) is 48.4 cm³/mol. The van der Waals surface area contributed by atoms with Crippen molar-refractivity contribution in [1.82, 2.24) is 9.97 Å². The second-order valence-corrected chi connectivity index (χ2v) is 3.25. The van der Waals surface area contributed by atoms with Gasteiger partial charge in [0.15, 0.2) is 5.13 Å². The zero-order valence-corrected chi connectivity index (χ0v) is 7.26. The molecule has 0 radical (unpaired) electrons. The van der Waals surface area contributed by atoms with Gasteiger partial charge < -0.3 is 10.5 Å². The monoisotopic (exact) mass is 181 g/mol. The van der Waals surface area contributed by atoms with Crippen molar-refractivity contribution in [2.45, 2.75) is 0 Å². The van der Waals surface area contributed by atoms with Gasteiger partial charge in [0.25, 0.3) is 0 Å². The summed E-state index contributed by atoms with van der Waals surface area (Å²) in [7, 11) is 1.58. The van der Waals surface area contributed by atoms with Crippen LogP contribution in [-0.2, 0) is 0 Å². The molecule has 2 aromatic heterocycles. The Morgan fingerprint density at radius 3 is 3.17 bits per heavy atom. The Morgan fingerprint density at radius 1 is 1.58 bits per heavy atom. The summed E-state index contributed by atoms with van der Waals surface area (Å²) in [6.45, 7) is 0. The molecule has 0 atom stereocenters. The van der Waals surface area contributed by atoms with E-state index in [0.717, 1.165) is 10.2 Å². The first kappa shape index (κ1) is 7.30. The molecule has 0 saturated carbocycles. The number of nitrogen functional groups attached to an aromatic ring is 1. The minimum Gasteiger partial charge on any atom is -0.480 e. The second kappa shape index (κ2) is 2.60. The Morgan fingerprint density at radius 2 is 2.42 bits per heavy atom. The fourth-order valence-corrected chi connectivity index (χ4v) is 1.79. The van der Waals surface area contributed by atoms with Crippen LogP contribution in [0.1, 0.15) is 0 Å². The van der Waals surface area contributed by atoms with Crippen LogP contribution in [0, 0.1) is 0 Å². The highest BCUT2D eigenvalue weighted by Crippen LogP contribution is 2.29. The molecule has 62 valence electrons. The van der Waals surface area contributed by atoms with E-state index in [9.17, 15) is 0 Å². The SMILES string of the molecule is COc1nccc2nc(N)sc12. The lowest BCUT2D eigenvalue weighted by Crippen LogP contribution is -1.85. The van der Waals surface area contributed by atoms with Crippen LogP contribution in [0.5, 0.6) is 5.88 Å². The highest BCUT2D eigenvalue weighted by molar-refractivity contribution is 7.22. The number of anilines is 1. The summed E-state index contributed by atoms with van der Waals surface area (Å²) in [5.41, 5.74) is 6.38. The van der Waals surface area contributed by atoms with Crippen molar-refractivity contribution in [2.75, 3.05) is 12.8 Å². The Bertz CT molecular complexity index is 412. The van der Waals surface area contributed by atoms with Crippen LogP contribution >= 0.6 is 11.3 Å². The Labute approximate surface area is 73.0 Å². The molecule has 0 fully saturated rings. The molecule has 0 amide bonds. The smallest absolute Gasteiger partial charge is 0.233 e. The summed E-state index contributed by atoms with van der Waals surface area (Å²) >= 11 is 1.38. The Kier molecular flexibility index (Phi) is 1.58. The minimum atomic E-state index is 0.538. The van der Waals surface area contributed by atoms with Crippen molar-refractivity contribution in [3.05, 3.63) is 12.3 Å². The third-order valence-electron chi connectivity index (χ3n) is 1.48. The molecule has 5 heteroatoms. The van der Waals surface area contributed by atoms with E-state index < -0.39 is 0 Å². The van der Waals surface area contributed by atoms with Crippen molar-refractivity contribution >= 4 is 26.7 Å². The van der Waals surface area contributed by atoms with Gasteiger partial charge in [0.05, 0.1) is 12.6 Å². The third-order valence-corrected chi connectivity index (χ3v) is 2.37. The average molecular weight is 181 g/mol. The quantitative estimate of drug-likeness (QED) is 0.720. The van der Waals surface area contributed by atoms with Crippen molar-refractivity contribution in [3.63, 3.8) is 0 Å². The van der Waals surface area contributed by atoms with Gasteiger partial charge >= 0.3 is 0 Å². The van der Waals surface area contributed by atoms with Crippen LogP contribution in [-0.4, -0.2) is 17.1 Å². The Hall–Kier alpha value is -1.36. The van der Waals surface area contributed by atoms with E-state index in [1.165, 1.54) is 11.3 Å². The van der Waals surface area contributed by atoms with E-state index in [4.69, 9.17) is 10.5 Å². The van der Waals surface area contributed by atoms with Crippen molar-refractivity contribution in [3.8, 4) is 5.88 Å². The van der Waals surface area contributed by atoms with Crippen molar-refractivity contribution in [2.24, 2.45) is 0 Å². The number of ether oxygens (including phenoxy) is 1. The molecule has 0 bridgehead atoms. The van der Waals surface area contributed by atoms with E-state index in [1.807, 2.05) is 6.07 Å². The number of nitrogens with zero attached hydrogens (tertiary/aromatic N) is 2. The van der Waals surface area contributed by atoms with Crippen molar-refractivity contribution in [1.29, 1.82) is 0 Å². The third kappa shape index (κ3) is 0.984. The number of fused-ring (bicyclic) bond motifs is 1. The zero-order valence-electron chi connectivity index (χ0n) is 6.44. The van der Waals surface area contributed by atoms with Gasteiger partial charge in [0, 0.05) is 6.20 Å². The maximum Gasteiger partial charge on any atom is 0.233 e. The van der Waals surface area contributed by atoms with Gasteiger partial charge in [-0.2, -0.15) is 0 Å². The summed E-state index contributed by atoms with van der Waals surface area (Å²) in [5, 5.41) is 0.538. The number of aromatic nitrogens is 2. The first-order valence-electron chi connectivity index (χ1n) is 3.36. The number of thiazole rings is 1. The van der Waals surface area contributed by atoms with Gasteiger partial charge in [0.1, 0.15) is 4.70 Å². The fourth-order valence-electron chi connectivity index (χ4n) is 0.995. The highest BCUT2D eigenvalue weighted by Gasteiger charge is 2.06. The molecule has 0 aliphatic carbocycles. The lowest BCUT2D eigenvalue weighted by atomic mass is 10.4. The van der Waals surface area contributed by atoms with Crippen molar-refractivity contribution < 1.29 is 4.74 Å². The summed E-state index contributed by atoms with van der Waals surface area (Å²) in [6.07, 6.45) is 1.65. The number of nitrogens with two attached hydrogens (primary N) is 1. The molecule has 0 aliphatic heterocycles. The molecule has 0 unspecified atom stereocenters. The summed E-state index contributed by atoms with van der Waals surface area (Å²) in [4.78, 5) is 8.13. The van der Waals surface area contributed by atoms with Gasteiger partial charge in [-0.05, 0) is 6.07 Å². The van der Waals surface area contributed by atoms with Gasteiger partial charge in [-0.15, -0.1) is 0 Å². The fraction of sp³-hybridized carbons (Fsp3) is 0.143. The number of hydrogen-bond acceptors (Lipinski definition) is 5. The molecule has 4 nitrogen and oxygen atoms in total. The largest absolute Gasteiger partial charge is 0.480 e. The van der Waals surface area contributed by atoms with Crippen LogP contribution in [0.3, 0.4) is 0 Å². The number of rotatable bonds is 1. The topological polar surface area (TPSA) is 61.0 Å². The summed E-state index contributed by atoms with van der Waals surface area (Å²) < 4.78 is 5.94. The van der Waals surface area contributed by atoms with Gasteiger partial charge in [-0.3, -0.25) is 0 Å². The van der Waals surface area contributed by atoms with E-state index in [2.05, 4.69) is 9.97 Å². The van der Waals surface area contributed by atoms with E-state index in [1.54, 1.807) is 13.3 Å². The van der Waals surface area contributed by atoms with Gasteiger partial charge in [-0.1, -0.05) is 11.3 Å². The molecular formula is C7H7N3OS. The lowest BCUT2D eigenvalue weighted by molar-refractivity contribution is 0.404. The second-order valence-electron chi connectivity index (χ2n) is 2.22. The van der Waals surface area contributed by atoms with Crippen LogP contribution in [0.25, 0.3) is 10.2 Å². The molecule has 2 aromatic rings. The number of pyridine rings is 1. The maximum absolute atomic E-state index is 5.54. The molecular weight excluding hydrogens is 174 g/mol. The summed E-state index contributed by atoms with van der Waals surface area (Å²) in [5.74, 6) is 0.585. The average Bonchev–Trinajstić information content (AvgIpc) is 2.44. The zero-order chi connectivity index (χ0) is 8.55. The highest BCUT2D eigenvalue weighted by atomic mass is 32.1. The molecule has 2 N–H and O–H groups in total. The standard InChI is InChI=1S/C7H7N3OS/c1-11-6-5-4(2-3-9-6)10-7(8)12-5/h2-3H,1H3,(H2,8,10). The molecule has 0 spiro atoms. The Balaban J connectivity index is 2.78. The van der Waals surface area contributed by atoms with Gasteiger partial charge in [0.2, 0.25) is 5.88 Å². The molecule has 12 heavy (non-hydrogen) atoms. The maximum atomic E-state index is 5.54. The first-order valence-corrected chi connectivity index (χ1v) is 4.18. The molecule has 2 rings (SSSR count). The van der Waals surface area contributed by atoms with E-state index in [-0.39, 0.29) is 0 Å². The van der Waals surface area contributed by atoms with E-state index >= 15 is 0 Å². The lowest BCUT2D eigenvalue weighted by Gasteiger charge is -1.96. The minimum absolute atomic E-state index is 0.538. The molecule has 2 heterocycles. The van der Waals surface area contributed by atoms with Crippen LogP contribution < -0.4 is 10.5 Å².